The first kappa shape index (κ1) is 14.5. The number of rotatable bonds is 4. The molecule has 0 fully saturated rings. The summed E-state index contributed by atoms with van der Waals surface area (Å²) in [4.78, 5) is 14.7. The highest BCUT2D eigenvalue weighted by molar-refractivity contribution is 7.08. The van der Waals surface area contributed by atoms with E-state index in [0.29, 0.717) is 17.1 Å². The summed E-state index contributed by atoms with van der Waals surface area (Å²) in [5.74, 6) is 0.120. The third-order valence-electron chi connectivity index (χ3n) is 3.06. The van der Waals surface area contributed by atoms with Gasteiger partial charge in [0.25, 0.3) is 5.91 Å². The molecular formula is C14H18N4OS. The average molecular weight is 290 g/mol. The van der Waals surface area contributed by atoms with Crippen LogP contribution in [0.4, 0.5) is 5.69 Å². The van der Waals surface area contributed by atoms with Crippen LogP contribution < -0.4 is 5.73 Å². The average Bonchev–Trinajstić information content (AvgIpc) is 2.89. The van der Waals surface area contributed by atoms with Crippen LogP contribution in [0.2, 0.25) is 0 Å². The van der Waals surface area contributed by atoms with E-state index in [-0.39, 0.29) is 11.8 Å². The van der Waals surface area contributed by atoms with Crippen LogP contribution in [0.3, 0.4) is 0 Å². The van der Waals surface area contributed by atoms with Gasteiger partial charge in [0.15, 0.2) is 0 Å². The summed E-state index contributed by atoms with van der Waals surface area (Å²) < 4.78 is 3.89. The molecule has 0 bridgehead atoms. The Labute approximate surface area is 122 Å². The number of carbonyl (C=O) groups excluding carboxylic acids is 1. The number of nitrogen functional groups attached to an aromatic ring is 1. The zero-order valence-corrected chi connectivity index (χ0v) is 12.6. The number of nitrogens with zero attached hydrogens (tertiary/aromatic N) is 3. The molecule has 2 aromatic rings. The van der Waals surface area contributed by atoms with Crippen LogP contribution in [0.5, 0.6) is 0 Å². The Morgan fingerprint density at radius 2 is 2.10 bits per heavy atom. The molecule has 1 aromatic carbocycles. The standard InChI is InChI=1S/C14H18N4OS/c1-9(2)12-13(20-17-16-12)14(19)18(3)8-10-6-4-5-7-11(10)15/h4-7,9H,8,15H2,1-3H3. The lowest BCUT2D eigenvalue weighted by molar-refractivity contribution is 0.0788. The molecule has 106 valence electrons. The molecule has 2 N–H and O–H groups in total. The molecular weight excluding hydrogens is 272 g/mol. The Balaban J connectivity index is 2.17. The molecule has 0 radical (unpaired) electrons. The molecule has 2 rings (SSSR count). The van der Waals surface area contributed by atoms with Crippen molar-refractivity contribution in [3.05, 3.63) is 40.4 Å². The summed E-state index contributed by atoms with van der Waals surface area (Å²) in [6.45, 7) is 4.48. The van der Waals surface area contributed by atoms with Crippen molar-refractivity contribution in [2.45, 2.75) is 26.3 Å². The molecule has 0 aliphatic carbocycles. The maximum Gasteiger partial charge on any atom is 0.267 e. The third kappa shape index (κ3) is 2.96. The van der Waals surface area contributed by atoms with Gasteiger partial charge in [0, 0.05) is 19.3 Å². The van der Waals surface area contributed by atoms with E-state index in [4.69, 9.17) is 5.73 Å². The van der Waals surface area contributed by atoms with Gasteiger partial charge in [0.1, 0.15) is 4.88 Å². The number of para-hydroxylation sites is 1. The van der Waals surface area contributed by atoms with Gasteiger partial charge in [0.2, 0.25) is 0 Å². The van der Waals surface area contributed by atoms with Gasteiger partial charge in [-0.15, -0.1) is 5.10 Å². The fourth-order valence-electron chi connectivity index (χ4n) is 1.90. The van der Waals surface area contributed by atoms with Gasteiger partial charge >= 0.3 is 0 Å². The van der Waals surface area contributed by atoms with E-state index < -0.39 is 0 Å². The van der Waals surface area contributed by atoms with Crippen LogP contribution in [-0.2, 0) is 6.54 Å². The molecule has 0 spiro atoms. The molecule has 5 nitrogen and oxygen atoms in total. The molecule has 20 heavy (non-hydrogen) atoms. The smallest absolute Gasteiger partial charge is 0.267 e. The highest BCUT2D eigenvalue weighted by atomic mass is 32.1. The number of benzene rings is 1. The van der Waals surface area contributed by atoms with Crippen LogP contribution in [0.15, 0.2) is 24.3 Å². The van der Waals surface area contributed by atoms with Crippen LogP contribution >= 0.6 is 11.5 Å². The lowest BCUT2D eigenvalue weighted by Crippen LogP contribution is -2.26. The van der Waals surface area contributed by atoms with E-state index in [9.17, 15) is 4.79 Å². The zero-order chi connectivity index (χ0) is 14.7. The SMILES string of the molecule is CC(C)c1nnsc1C(=O)N(C)Cc1ccccc1N. The first-order valence-electron chi connectivity index (χ1n) is 6.41. The monoisotopic (exact) mass is 290 g/mol. The minimum Gasteiger partial charge on any atom is -0.398 e. The summed E-state index contributed by atoms with van der Waals surface area (Å²) in [6, 6.07) is 7.55. The van der Waals surface area contributed by atoms with Crippen molar-refractivity contribution < 1.29 is 4.79 Å². The van der Waals surface area contributed by atoms with Gasteiger partial charge in [-0.2, -0.15) is 0 Å². The largest absolute Gasteiger partial charge is 0.398 e. The molecule has 0 unspecified atom stereocenters. The number of hydrogen-bond acceptors (Lipinski definition) is 5. The number of carbonyl (C=O) groups is 1. The van der Waals surface area contributed by atoms with Gasteiger partial charge < -0.3 is 10.6 Å². The van der Waals surface area contributed by atoms with Gasteiger partial charge in [-0.25, -0.2) is 0 Å². The summed E-state index contributed by atoms with van der Waals surface area (Å²) in [7, 11) is 1.76. The third-order valence-corrected chi connectivity index (χ3v) is 3.79. The predicted molar refractivity (Wildman–Crippen MR) is 80.6 cm³/mol. The molecule has 6 heteroatoms. The number of nitrogens with two attached hydrogens (primary N) is 1. The van der Waals surface area contributed by atoms with E-state index in [1.54, 1.807) is 11.9 Å². The molecule has 0 atom stereocenters. The second-order valence-corrected chi connectivity index (χ2v) is 5.76. The van der Waals surface area contributed by atoms with Gasteiger partial charge in [0.05, 0.1) is 5.69 Å². The quantitative estimate of drug-likeness (QED) is 0.878. The first-order chi connectivity index (χ1) is 9.50. The minimum atomic E-state index is -0.0630. The van der Waals surface area contributed by atoms with Crippen LogP contribution in [0.25, 0.3) is 0 Å². The first-order valence-corrected chi connectivity index (χ1v) is 7.19. The van der Waals surface area contributed by atoms with E-state index in [1.807, 2.05) is 38.1 Å². The second kappa shape index (κ2) is 6.00. The Bertz CT molecular complexity index is 609. The Morgan fingerprint density at radius 3 is 2.75 bits per heavy atom. The number of amides is 1. The fraction of sp³-hybridized carbons (Fsp3) is 0.357. The van der Waals surface area contributed by atoms with Gasteiger partial charge in [-0.1, -0.05) is 36.5 Å². The van der Waals surface area contributed by atoms with Crippen molar-refractivity contribution in [2.24, 2.45) is 0 Å². The van der Waals surface area contributed by atoms with Crippen molar-refractivity contribution in [3.63, 3.8) is 0 Å². The van der Waals surface area contributed by atoms with Crippen LogP contribution in [0, 0.1) is 0 Å². The van der Waals surface area contributed by atoms with Crippen LogP contribution in [0.1, 0.15) is 40.7 Å². The van der Waals surface area contributed by atoms with Crippen molar-refractivity contribution in [2.75, 3.05) is 12.8 Å². The predicted octanol–water partition coefficient (Wildman–Crippen LogP) is 2.52. The van der Waals surface area contributed by atoms with Crippen molar-refractivity contribution in [1.29, 1.82) is 0 Å². The number of anilines is 1. The fourth-order valence-corrected chi connectivity index (χ4v) is 2.72. The summed E-state index contributed by atoms with van der Waals surface area (Å²) in [5, 5.41) is 4.04. The van der Waals surface area contributed by atoms with Crippen molar-refractivity contribution in [1.82, 2.24) is 14.5 Å². The molecule has 0 saturated heterocycles. The summed E-state index contributed by atoms with van der Waals surface area (Å²) in [6.07, 6.45) is 0. The van der Waals surface area contributed by atoms with E-state index in [2.05, 4.69) is 9.59 Å². The van der Waals surface area contributed by atoms with Crippen molar-refractivity contribution >= 4 is 23.1 Å². The topological polar surface area (TPSA) is 72.1 Å². The lowest BCUT2D eigenvalue weighted by Gasteiger charge is -2.18. The summed E-state index contributed by atoms with van der Waals surface area (Å²) >= 11 is 1.15. The molecule has 1 amide bonds. The maximum absolute atomic E-state index is 12.5. The Hall–Kier alpha value is -1.95. The highest BCUT2D eigenvalue weighted by Crippen LogP contribution is 2.22. The normalized spacial score (nSPS) is 10.8. The van der Waals surface area contributed by atoms with Gasteiger partial charge in [-0.05, 0) is 29.1 Å². The van der Waals surface area contributed by atoms with E-state index in [0.717, 1.165) is 22.8 Å². The molecule has 0 aliphatic heterocycles. The second-order valence-electron chi connectivity index (χ2n) is 5.00. The van der Waals surface area contributed by atoms with E-state index >= 15 is 0 Å². The van der Waals surface area contributed by atoms with Crippen molar-refractivity contribution in [3.8, 4) is 0 Å². The number of hydrogen-bond donors (Lipinski definition) is 1. The minimum absolute atomic E-state index is 0.0630. The molecule has 0 saturated carbocycles. The maximum atomic E-state index is 12.5. The molecule has 0 aliphatic rings. The summed E-state index contributed by atoms with van der Waals surface area (Å²) in [5.41, 5.74) is 8.29. The van der Waals surface area contributed by atoms with E-state index in [1.165, 1.54) is 0 Å². The zero-order valence-electron chi connectivity index (χ0n) is 11.8. The lowest BCUT2D eigenvalue weighted by atomic mass is 10.1. The highest BCUT2D eigenvalue weighted by Gasteiger charge is 2.22. The molecule has 1 heterocycles. The van der Waals surface area contributed by atoms with Gasteiger partial charge in [-0.3, -0.25) is 4.79 Å². The molecule has 1 aromatic heterocycles. The van der Waals surface area contributed by atoms with Crippen LogP contribution in [-0.4, -0.2) is 27.4 Å². The number of aromatic nitrogens is 2. The Kier molecular flexibility index (Phi) is 4.34. The Morgan fingerprint density at radius 1 is 1.40 bits per heavy atom.